The van der Waals surface area contributed by atoms with Crippen LogP contribution in [0.5, 0.6) is 0 Å². The Morgan fingerprint density at radius 1 is 1.21 bits per heavy atom. The van der Waals surface area contributed by atoms with E-state index < -0.39 is 0 Å². The van der Waals surface area contributed by atoms with Crippen molar-refractivity contribution in [1.29, 1.82) is 0 Å². The number of piperidine rings is 1. The van der Waals surface area contributed by atoms with Gasteiger partial charge in [0.25, 0.3) is 0 Å². The molecule has 2 rings (SSSR count). The van der Waals surface area contributed by atoms with Crippen molar-refractivity contribution in [2.45, 2.75) is 12.8 Å². The fourth-order valence-electron chi connectivity index (χ4n) is 1.64. The van der Waals surface area contributed by atoms with E-state index in [-0.39, 0.29) is 5.56 Å². The van der Waals surface area contributed by atoms with E-state index in [2.05, 4.69) is 9.88 Å². The van der Waals surface area contributed by atoms with Crippen molar-refractivity contribution >= 4 is 11.5 Å². The van der Waals surface area contributed by atoms with E-state index in [4.69, 9.17) is 0 Å². The minimum Gasteiger partial charge on any atom is -0.370 e. The second-order valence-corrected chi connectivity index (χ2v) is 3.44. The lowest BCUT2D eigenvalue weighted by molar-refractivity contribution is -0.119. The van der Waals surface area contributed by atoms with Crippen molar-refractivity contribution in [1.82, 2.24) is 4.98 Å². The summed E-state index contributed by atoms with van der Waals surface area (Å²) in [6.45, 7) is 1.45. The first-order valence-corrected chi connectivity index (χ1v) is 4.71. The van der Waals surface area contributed by atoms with Gasteiger partial charge in [0.05, 0.1) is 0 Å². The average molecular weight is 192 g/mol. The third-order valence-electron chi connectivity index (χ3n) is 2.44. The smallest absolute Gasteiger partial charge is 0.249 e. The van der Waals surface area contributed by atoms with Gasteiger partial charge in [-0.15, -0.1) is 0 Å². The molecule has 1 fully saturated rings. The molecule has 0 atom stereocenters. The van der Waals surface area contributed by atoms with Crippen molar-refractivity contribution in [3.63, 3.8) is 0 Å². The summed E-state index contributed by atoms with van der Waals surface area (Å²) in [4.78, 5) is 26.7. The van der Waals surface area contributed by atoms with Crippen molar-refractivity contribution in [2.24, 2.45) is 0 Å². The molecule has 0 unspecified atom stereocenters. The molecule has 0 bridgehead atoms. The van der Waals surface area contributed by atoms with E-state index in [9.17, 15) is 9.59 Å². The predicted octanol–water partition coefficient (Wildman–Crippen LogP) is 0.544. The van der Waals surface area contributed by atoms with Crippen LogP contribution in [0.25, 0.3) is 0 Å². The zero-order valence-corrected chi connectivity index (χ0v) is 7.82. The Balaban J connectivity index is 2.16. The second-order valence-electron chi connectivity index (χ2n) is 3.44. The number of aromatic nitrogens is 1. The Hall–Kier alpha value is -1.58. The summed E-state index contributed by atoms with van der Waals surface area (Å²) in [6.07, 6.45) is 2.81. The number of hydrogen-bond acceptors (Lipinski definition) is 3. The van der Waals surface area contributed by atoms with Gasteiger partial charge in [-0.05, 0) is 6.07 Å². The standard InChI is InChI=1S/C10H12N2O2/c13-9-2-5-12(6-3-9)8-1-4-11-10(14)7-8/h1,4,7H,2-3,5-6H2,(H,11,14). The van der Waals surface area contributed by atoms with Crippen LogP contribution in [0.3, 0.4) is 0 Å². The Morgan fingerprint density at radius 3 is 2.57 bits per heavy atom. The summed E-state index contributed by atoms with van der Waals surface area (Å²) in [5.74, 6) is 0.311. The first-order chi connectivity index (χ1) is 6.75. The molecule has 1 N–H and O–H groups in total. The minimum atomic E-state index is -0.0978. The molecule has 2 heterocycles. The van der Waals surface area contributed by atoms with Crippen LogP contribution in [0, 0.1) is 0 Å². The largest absolute Gasteiger partial charge is 0.370 e. The van der Waals surface area contributed by atoms with E-state index >= 15 is 0 Å². The lowest BCUT2D eigenvalue weighted by Gasteiger charge is -2.27. The first kappa shape index (κ1) is 8.99. The molecule has 0 saturated carbocycles. The molecule has 1 aliphatic rings. The normalized spacial score (nSPS) is 17.1. The Labute approximate surface area is 81.6 Å². The van der Waals surface area contributed by atoms with Crippen LogP contribution >= 0.6 is 0 Å². The summed E-state index contributed by atoms with van der Waals surface area (Å²) in [6, 6.07) is 3.42. The Morgan fingerprint density at radius 2 is 1.93 bits per heavy atom. The SMILES string of the molecule is O=C1CCN(c2cc[nH]c(=O)c2)CC1. The van der Waals surface area contributed by atoms with Gasteiger partial charge in [-0.3, -0.25) is 9.59 Å². The minimum absolute atomic E-state index is 0.0978. The molecule has 14 heavy (non-hydrogen) atoms. The molecule has 0 radical (unpaired) electrons. The first-order valence-electron chi connectivity index (χ1n) is 4.71. The summed E-state index contributed by atoms with van der Waals surface area (Å²) < 4.78 is 0. The van der Waals surface area contributed by atoms with Crippen LogP contribution in [0.1, 0.15) is 12.8 Å². The summed E-state index contributed by atoms with van der Waals surface area (Å²) in [5.41, 5.74) is 0.806. The number of pyridine rings is 1. The molecule has 0 aromatic carbocycles. The number of carbonyl (C=O) groups excluding carboxylic acids is 1. The highest BCUT2D eigenvalue weighted by molar-refractivity contribution is 5.80. The quantitative estimate of drug-likeness (QED) is 0.706. The lowest BCUT2D eigenvalue weighted by Crippen LogP contribution is -2.34. The molecular formula is C10H12N2O2. The van der Waals surface area contributed by atoms with Crippen molar-refractivity contribution in [3.8, 4) is 0 Å². The van der Waals surface area contributed by atoms with Crippen molar-refractivity contribution in [2.75, 3.05) is 18.0 Å². The fourth-order valence-corrected chi connectivity index (χ4v) is 1.64. The number of rotatable bonds is 1. The van der Waals surface area contributed by atoms with Crippen LogP contribution in [0.4, 0.5) is 5.69 Å². The van der Waals surface area contributed by atoms with Crippen LogP contribution in [-0.2, 0) is 4.79 Å². The van der Waals surface area contributed by atoms with Gasteiger partial charge in [-0.25, -0.2) is 0 Å². The van der Waals surface area contributed by atoms with Crippen molar-refractivity contribution < 1.29 is 4.79 Å². The van der Waals surface area contributed by atoms with Gasteiger partial charge >= 0.3 is 0 Å². The number of nitrogens with one attached hydrogen (secondary N) is 1. The van der Waals surface area contributed by atoms with Gasteiger partial charge in [0.2, 0.25) is 5.56 Å². The van der Waals surface area contributed by atoms with Gasteiger partial charge in [0, 0.05) is 43.9 Å². The number of anilines is 1. The zero-order chi connectivity index (χ0) is 9.97. The summed E-state index contributed by atoms with van der Waals surface area (Å²) >= 11 is 0. The van der Waals surface area contributed by atoms with E-state index in [1.165, 1.54) is 0 Å². The number of ketones is 1. The molecule has 0 aliphatic carbocycles. The van der Waals surface area contributed by atoms with E-state index in [1.807, 2.05) is 6.07 Å². The number of hydrogen-bond donors (Lipinski definition) is 1. The van der Waals surface area contributed by atoms with E-state index in [0.29, 0.717) is 18.6 Å². The number of carbonyl (C=O) groups is 1. The van der Waals surface area contributed by atoms with Gasteiger partial charge < -0.3 is 9.88 Å². The van der Waals surface area contributed by atoms with Crippen molar-refractivity contribution in [3.05, 3.63) is 28.7 Å². The Kier molecular flexibility index (Phi) is 2.35. The van der Waals surface area contributed by atoms with Gasteiger partial charge in [0.15, 0.2) is 0 Å². The second kappa shape index (κ2) is 3.65. The molecule has 1 aromatic heterocycles. The van der Waals surface area contributed by atoms with Gasteiger partial charge in [-0.2, -0.15) is 0 Å². The summed E-state index contributed by atoms with van der Waals surface area (Å²) in [5, 5.41) is 0. The maximum Gasteiger partial charge on any atom is 0.249 e. The maximum absolute atomic E-state index is 11.0. The number of H-pyrrole nitrogens is 1. The van der Waals surface area contributed by atoms with Gasteiger partial charge in [0.1, 0.15) is 5.78 Å². The lowest BCUT2D eigenvalue weighted by atomic mass is 10.1. The molecule has 0 amide bonds. The molecule has 0 spiro atoms. The third kappa shape index (κ3) is 1.84. The third-order valence-corrected chi connectivity index (χ3v) is 2.44. The van der Waals surface area contributed by atoms with E-state index in [1.54, 1.807) is 12.3 Å². The molecule has 1 aromatic rings. The van der Waals surface area contributed by atoms with Crippen LogP contribution < -0.4 is 10.5 Å². The summed E-state index contributed by atoms with van der Waals surface area (Å²) in [7, 11) is 0. The number of Topliss-reactive ketones (excluding diaryl/α,β-unsaturated/α-hetero) is 1. The molecular weight excluding hydrogens is 180 g/mol. The maximum atomic E-state index is 11.0. The molecule has 1 aliphatic heterocycles. The van der Waals surface area contributed by atoms with Crippen LogP contribution in [-0.4, -0.2) is 23.9 Å². The van der Waals surface area contributed by atoms with Crippen LogP contribution in [0.2, 0.25) is 0 Å². The molecule has 4 nitrogen and oxygen atoms in total. The Bertz CT molecular complexity index is 387. The zero-order valence-electron chi connectivity index (χ0n) is 7.82. The van der Waals surface area contributed by atoms with E-state index in [0.717, 1.165) is 18.8 Å². The highest BCUT2D eigenvalue weighted by Crippen LogP contribution is 2.15. The fraction of sp³-hybridized carbons (Fsp3) is 0.400. The molecule has 74 valence electrons. The van der Waals surface area contributed by atoms with Gasteiger partial charge in [-0.1, -0.05) is 0 Å². The van der Waals surface area contributed by atoms with Crippen LogP contribution in [0.15, 0.2) is 23.1 Å². The number of nitrogens with zero attached hydrogens (tertiary/aromatic N) is 1. The highest BCUT2D eigenvalue weighted by atomic mass is 16.1. The molecule has 4 heteroatoms. The topological polar surface area (TPSA) is 53.2 Å². The predicted molar refractivity (Wildman–Crippen MR) is 53.5 cm³/mol. The average Bonchev–Trinajstić information content (AvgIpc) is 2.19. The number of aromatic amines is 1. The monoisotopic (exact) mass is 192 g/mol. The molecule has 1 saturated heterocycles. The highest BCUT2D eigenvalue weighted by Gasteiger charge is 2.16.